The monoisotopic (exact) mass is 299 g/mol. The van der Waals surface area contributed by atoms with Crippen molar-refractivity contribution in [2.24, 2.45) is 0 Å². The third-order valence-electron chi connectivity index (χ3n) is 4.50. The van der Waals surface area contributed by atoms with Crippen molar-refractivity contribution in [2.75, 3.05) is 0 Å². The molecule has 22 heavy (non-hydrogen) atoms. The molecule has 0 radical (unpaired) electrons. The molecule has 0 unspecified atom stereocenters. The number of hydrogen-bond acceptors (Lipinski definition) is 3. The maximum Gasteiger partial charge on any atom is 0.358 e. The van der Waals surface area contributed by atoms with E-state index in [1.807, 2.05) is 18.2 Å². The van der Waals surface area contributed by atoms with Crippen molar-refractivity contribution in [1.29, 1.82) is 0 Å². The average Bonchev–Trinajstić information content (AvgIpc) is 3.00. The second-order valence-electron chi connectivity index (χ2n) is 5.86. The van der Waals surface area contributed by atoms with Gasteiger partial charge >= 0.3 is 5.97 Å². The molecule has 0 aliphatic heterocycles. The fourth-order valence-corrected chi connectivity index (χ4v) is 3.38. The van der Waals surface area contributed by atoms with Crippen molar-refractivity contribution in [1.82, 2.24) is 15.0 Å². The summed E-state index contributed by atoms with van der Waals surface area (Å²) in [5, 5.41) is 17.6. The molecule has 5 heteroatoms. The molecule has 1 aliphatic carbocycles. The molecule has 116 valence electrons. The van der Waals surface area contributed by atoms with Crippen molar-refractivity contribution < 1.29 is 9.90 Å². The van der Waals surface area contributed by atoms with E-state index in [0.29, 0.717) is 0 Å². The predicted octanol–water partition coefficient (Wildman–Crippen LogP) is 3.58. The van der Waals surface area contributed by atoms with Crippen LogP contribution < -0.4 is 0 Å². The van der Waals surface area contributed by atoms with E-state index < -0.39 is 5.97 Å². The summed E-state index contributed by atoms with van der Waals surface area (Å²) in [6, 6.07) is 8.01. The molecular formula is C17H21N3O2. The first-order chi connectivity index (χ1) is 10.7. The normalized spacial score (nSPS) is 15.9. The molecule has 1 fully saturated rings. The van der Waals surface area contributed by atoms with Crippen LogP contribution in [0.2, 0.25) is 0 Å². The van der Waals surface area contributed by atoms with Crippen molar-refractivity contribution in [3.8, 4) is 5.69 Å². The van der Waals surface area contributed by atoms with Crippen LogP contribution in [0.15, 0.2) is 24.3 Å². The summed E-state index contributed by atoms with van der Waals surface area (Å²) in [7, 11) is 0. The molecule has 0 spiro atoms. The Morgan fingerprint density at radius 2 is 2.00 bits per heavy atom. The molecule has 1 aliphatic rings. The van der Waals surface area contributed by atoms with Gasteiger partial charge < -0.3 is 5.11 Å². The number of rotatable bonds is 4. The van der Waals surface area contributed by atoms with Gasteiger partial charge in [-0.1, -0.05) is 49.6 Å². The molecule has 0 atom stereocenters. The number of aromatic carboxylic acids is 1. The lowest BCUT2D eigenvalue weighted by Gasteiger charge is -2.23. The van der Waals surface area contributed by atoms with E-state index in [-0.39, 0.29) is 11.6 Å². The molecule has 2 aromatic rings. The quantitative estimate of drug-likeness (QED) is 0.937. The highest BCUT2D eigenvalue weighted by atomic mass is 16.4. The Bertz CT molecular complexity index is 672. The van der Waals surface area contributed by atoms with Crippen molar-refractivity contribution in [3.63, 3.8) is 0 Å². The van der Waals surface area contributed by atoms with E-state index in [1.54, 1.807) is 4.68 Å². The van der Waals surface area contributed by atoms with E-state index >= 15 is 0 Å². The lowest BCUT2D eigenvalue weighted by atomic mass is 9.86. The number of aromatic nitrogens is 3. The van der Waals surface area contributed by atoms with Crippen LogP contribution in [0, 0.1) is 0 Å². The molecule has 0 saturated heterocycles. The minimum atomic E-state index is -0.985. The number of benzene rings is 1. The molecule has 0 bridgehead atoms. The first kappa shape index (κ1) is 14.8. The highest BCUT2D eigenvalue weighted by molar-refractivity contribution is 5.86. The van der Waals surface area contributed by atoms with Gasteiger partial charge in [-0.15, -0.1) is 5.10 Å². The first-order valence-corrected chi connectivity index (χ1v) is 7.99. The minimum Gasteiger partial charge on any atom is -0.476 e. The van der Waals surface area contributed by atoms with Gasteiger partial charge in [0.1, 0.15) is 0 Å². The summed E-state index contributed by atoms with van der Waals surface area (Å²) in [6.45, 7) is 2.09. The molecule has 1 N–H and O–H groups in total. The second kappa shape index (κ2) is 6.30. The van der Waals surface area contributed by atoms with Crippen LogP contribution in [-0.4, -0.2) is 26.1 Å². The zero-order chi connectivity index (χ0) is 15.5. The van der Waals surface area contributed by atoms with Crippen LogP contribution in [0.1, 0.15) is 66.7 Å². The summed E-state index contributed by atoms with van der Waals surface area (Å²) in [5.74, 6) is -0.749. The number of carboxylic acid groups (broad SMARTS) is 1. The number of nitrogens with zero attached hydrogens (tertiary/aromatic N) is 3. The van der Waals surface area contributed by atoms with E-state index in [2.05, 4.69) is 23.3 Å². The number of aryl methyl sites for hydroxylation is 1. The van der Waals surface area contributed by atoms with E-state index in [0.717, 1.165) is 49.0 Å². The Labute approximate surface area is 130 Å². The fraction of sp³-hybridized carbons (Fsp3) is 0.471. The SMILES string of the molecule is CCc1ccccc1-n1nnc(C(=O)O)c1C1CCCCC1. The molecule has 1 aromatic heterocycles. The van der Waals surface area contributed by atoms with E-state index in [1.165, 1.54) is 6.42 Å². The van der Waals surface area contributed by atoms with Gasteiger partial charge in [0.15, 0.2) is 5.69 Å². The lowest BCUT2D eigenvalue weighted by molar-refractivity contribution is 0.0688. The Morgan fingerprint density at radius 1 is 1.27 bits per heavy atom. The van der Waals surface area contributed by atoms with Crippen LogP contribution in [0.5, 0.6) is 0 Å². The number of carbonyl (C=O) groups is 1. The highest BCUT2D eigenvalue weighted by Crippen LogP contribution is 2.35. The van der Waals surface area contributed by atoms with Crippen molar-refractivity contribution >= 4 is 5.97 Å². The maximum atomic E-state index is 11.5. The van der Waals surface area contributed by atoms with Gasteiger partial charge in [0.25, 0.3) is 0 Å². The maximum absolute atomic E-state index is 11.5. The summed E-state index contributed by atoms with van der Waals surface area (Å²) < 4.78 is 1.76. The zero-order valence-electron chi connectivity index (χ0n) is 12.8. The Morgan fingerprint density at radius 3 is 2.68 bits per heavy atom. The van der Waals surface area contributed by atoms with E-state index in [9.17, 15) is 9.90 Å². The number of hydrogen-bond donors (Lipinski definition) is 1. The van der Waals surface area contributed by atoms with Crippen LogP contribution >= 0.6 is 0 Å². The van der Waals surface area contributed by atoms with Crippen molar-refractivity contribution in [3.05, 3.63) is 41.2 Å². The summed E-state index contributed by atoms with van der Waals surface area (Å²) in [5.41, 5.74) is 2.98. The molecule has 3 rings (SSSR count). The van der Waals surface area contributed by atoms with Crippen LogP contribution in [0.3, 0.4) is 0 Å². The Kier molecular flexibility index (Phi) is 4.22. The standard InChI is InChI=1S/C17H21N3O2/c1-2-12-8-6-7-11-14(12)20-16(13-9-4-3-5-10-13)15(17(21)22)18-19-20/h6-8,11,13H,2-5,9-10H2,1H3,(H,21,22). The Hall–Kier alpha value is -2.17. The number of para-hydroxylation sites is 1. The fourth-order valence-electron chi connectivity index (χ4n) is 3.38. The highest BCUT2D eigenvalue weighted by Gasteiger charge is 2.28. The van der Waals surface area contributed by atoms with Gasteiger partial charge in [0, 0.05) is 5.92 Å². The smallest absolute Gasteiger partial charge is 0.358 e. The molecule has 5 nitrogen and oxygen atoms in total. The van der Waals surface area contributed by atoms with Gasteiger partial charge in [-0.25, -0.2) is 9.48 Å². The largest absolute Gasteiger partial charge is 0.476 e. The molecule has 1 heterocycles. The zero-order valence-corrected chi connectivity index (χ0v) is 12.8. The van der Waals surface area contributed by atoms with Crippen LogP contribution in [0.4, 0.5) is 0 Å². The molecule has 1 saturated carbocycles. The van der Waals surface area contributed by atoms with Gasteiger partial charge in [-0.3, -0.25) is 0 Å². The topological polar surface area (TPSA) is 68.0 Å². The van der Waals surface area contributed by atoms with Crippen LogP contribution in [-0.2, 0) is 6.42 Å². The average molecular weight is 299 g/mol. The van der Waals surface area contributed by atoms with E-state index in [4.69, 9.17) is 0 Å². The van der Waals surface area contributed by atoms with Gasteiger partial charge in [-0.05, 0) is 30.9 Å². The lowest BCUT2D eigenvalue weighted by Crippen LogP contribution is -2.15. The van der Waals surface area contributed by atoms with Gasteiger partial charge in [0.2, 0.25) is 0 Å². The second-order valence-corrected chi connectivity index (χ2v) is 5.86. The minimum absolute atomic E-state index is 0.109. The summed E-state index contributed by atoms with van der Waals surface area (Å²) in [4.78, 5) is 11.5. The molecule has 0 amide bonds. The van der Waals surface area contributed by atoms with Gasteiger partial charge in [-0.2, -0.15) is 0 Å². The summed E-state index contributed by atoms with van der Waals surface area (Å²) >= 11 is 0. The predicted molar refractivity (Wildman–Crippen MR) is 83.5 cm³/mol. The number of carboxylic acids is 1. The Balaban J connectivity index is 2.13. The third-order valence-corrected chi connectivity index (χ3v) is 4.50. The summed E-state index contributed by atoms with van der Waals surface area (Å²) in [6.07, 6.45) is 6.42. The van der Waals surface area contributed by atoms with Crippen LogP contribution in [0.25, 0.3) is 5.69 Å². The molecule has 1 aromatic carbocycles. The molecular weight excluding hydrogens is 278 g/mol. The van der Waals surface area contributed by atoms with Crippen molar-refractivity contribution in [2.45, 2.75) is 51.4 Å². The first-order valence-electron chi connectivity index (χ1n) is 7.99. The van der Waals surface area contributed by atoms with Gasteiger partial charge in [0.05, 0.1) is 11.4 Å². The third kappa shape index (κ3) is 2.63.